The van der Waals surface area contributed by atoms with Crippen LogP contribution in [0.25, 0.3) is 0 Å². The molecule has 5 rings (SSSR count). The van der Waals surface area contributed by atoms with Gasteiger partial charge in [0.1, 0.15) is 11.4 Å². The maximum absolute atomic E-state index is 16.7. The number of benzene rings is 1. The van der Waals surface area contributed by atoms with E-state index in [1.807, 2.05) is 23.1 Å². The zero-order valence-corrected chi connectivity index (χ0v) is 24.2. The Kier molecular flexibility index (Phi) is 7.36. The number of carbonyl (C=O) groups excluding carboxylic acids is 1. The van der Waals surface area contributed by atoms with Gasteiger partial charge in [-0.25, -0.2) is 19.2 Å². The van der Waals surface area contributed by atoms with Crippen molar-refractivity contribution in [2.75, 3.05) is 30.8 Å². The third-order valence-electron chi connectivity index (χ3n) is 8.01. The second-order valence-corrected chi connectivity index (χ2v) is 13.2. The van der Waals surface area contributed by atoms with Gasteiger partial charge in [0.25, 0.3) is 0 Å². The maximum Gasteiger partial charge on any atom is 0.410 e. The zero-order valence-electron chi connectivity index (χ0n) is 22.7. The molecule has 2 aliphatic carbocycles. The molecule has 1 aliphatic heterocycles. The number of hydrogen-bond donors (Lipinski definition) is 0. The van der Waals surface area contributed by atoms with Crippen LogP contribution in [0.4, 0.5) is 15.0 Å². The van der Waals surface area contributed by atoms with Crippen molar-refractivity contribution < 1.29 is 18.1 Å². The molecular formula is C28H33ClFN5O3S. The highest BCUT2D eigenvalue weighted by atomic mass is 35.5. The van der Waals surface area contributed by atoms with E-state index >= 15 is 4.39 Å². The van der Waals surface area contributed by atoms with Crippen LogP contribution in [0.3, 0.4) is 0 Å². The van der Waals surface area contributed by atoms with Crippen molar-refractivity contribution in [3.63, 3.8) is 0 Å². The molecule has 1 aromatic carbocycles. The standard InChI is InChI=1S/C28H33ClFN5O3S/c1-27(2,3)38-26(36)35-15-14-34(16-17(35)10-13-31)24-19-9-12-28(11-8-18-20(28)6-5-7-21(18)29)23(30)22(19)32-25(33-24)39(4)37/h5-7,17,23H,8-12,14-16H2,1-4H3/t17-,23-,28+,39?/m0/s1. The van der Waals surface area contributed by atoms with E-state index in [1.54, 1.807) is 25.7 Å². The molecule has 0 bridgehead atoms. The molecule has 0 radical (unpaired) electrons. The summed E-state index contributed by atoms with van der Waals surface area (Å²) in [5, 5.41) is 10.2. The van der Waals surface area contributed by atoms with Crippen LogP contribution in [0.15, 0.2) is 23.4 Å². The van der Waals surface area contributed by atoms with Crippen molar-refractivity contribution >= 4 is 34.3 Å². The predicted molar refractivity (Wildman–Crippen MR) is 147 cm³/mol. The summed E-state index contributed by atoms with van der Waals surface area (Å²) in [6.45, 7) is 6.47. The number of ether oxygens (including phenoxy) is 1. The van der Waals surface area contributed by atoms with E-state index in [-0.39, 0.29) is 17.3 Å². The number of halogens is 2. The number of carbonyl (C=O) groups is 1. The lowest BCUT2D eigenvalue weighted by Crippen LogP contribution is -2.56. The first kappa shape index (κ1) is 27.8. The largest absolute Gasteiger partial charge is 0.444 e. The number of amides is 1. The van der Waals surface area contributed by atoms with Crippen molar-refractivity contribution in [3.05, 3.63) is 45.6 Å². The molecule has 2 heterocycles. The van der Waals surface area contributed by atoms with Gasteiger partial charge in [-0.05, 0) is 63.6 Å². The smallest absolute Gasteiger partial charge is 0.410 e. The second kappa shape index (κ2) is 10.3. The Labute approximate surface area is 236 Å². The average Bonchev–Trinajstić information content (AvgIpc) is 3.25. The molecule has 0 saturated carbocycles. The highest BCUT2D eigenvalue weighted by Crippen LogP contribution is 2.56. The Bertz CT molecular complexity index is 1380. The third-order valence-corrected chi connectivity index (χ3v) is 9.06. The highest BCUT2D eigenvalue weighted by molar-refractivity contribution is 7.84. The van der Waals surface area contributed by atoms with Crippen molar-refractivity contribution in [1.29, 1.82) is 5.26 Å². The first-order chi connectivity index (χ1) is 18.4. The fourth-order valence-corrected chi connectivity index (χ4v) is 6.93. The van der Waals surface area contributed by atoms with Crippen LogP contribution in [0.1, 0.15) is 68.6 Å². The van der Waals surface area contributed by atoms with Gasteiger partial charge in [0, 0.05) is 41.9 Å². The van der Waals surface area contributed by atoms with Crippen molar-refractivity contribution in [3.8, 4) is 6.07 Å². The van der Waals surface area contributed by atoms with Gasteiger partial charge in [-0.3, -0.25) is 4.21 Å². The number of piperazine rings is 1. The van der Waals surface area contributed by atoms with Crippen LogP contribution in [-0.2, 0) is 33.8 Å². The van der Waals surface area contributed by atoms with E-state index in [9.17, 15) is 14.3 Å². The zero-order chi connectivity index (χ0) is 28.1. The number of nitrogens with zero attached hydrogens (tertiary/aromatic N) is 5. The van der Waals surface area contributed by atoms with Gasteiger partial charge in [-0.2, -0.15) is 5.26 Å². The fourth-order valence-electron chi connectivity index (χ4n) is 6.22. The molecule has 208 valence electrons. The van der Waals surface area contributed by atoms with Gasteiger partial charge in [0.15, 0.2) is 6.17 Å². The number of aromatic nitrogens is 2. The van der Waals surface area contributed by atoms with Crippen LogP contribution in [0.5, 0.6) is 0 Å². The first-order valence-electron chi connectivity index (χ1n) is 13.2. The molecule has 3 aliphatic rings. The van der Waals surface area contributed by atoms with Gasteiger partial charge in [0.05, 0.1) is 35.0 Å². The molecule has 1 amide bonds. The monoisotopic (exact) mass is 573 g/mol. The molecule has 39 heavy (non-hydrogen) atoms. The number of alkyl halides is 1. The van der Waals surface area contributed by atoms with E-state index in [1.165, 1.54) is 6.26 Å². The summed E-state index contributed by atoms with van der Waals surface area (Å²) in [5.41, 5.74) is 1.54. The number of fused-ring (bicyclic) bond motifs is 3. The molecule has 1 fully saturated rings. The van der Waals surface area contributed by atoms with E-state index in [0.29, 0.717) is 61.7 Å². The van der Waals surface area contributed by atoms with Crippen molar-refractivity contribution in [2.24, 2.45) is 0 Å². The summed E-state index contributed by atoms with van der Waals surface area (Å²) < 4.78 is 34.9. The van der Waals surface area contributed by atoms with E-state index in [2.05, 4.69) is 16.0 Å². The lowest BCUT2D eigenvalue weighted by Gasteiger charge is -2.43. The molecule has 8 nitrogen and oxygen atoms in total. The van der Waals surface area contributed by atoms with E-state index < -0.39 is 40.1 Å². The van der Waals surface area contributed by atoms with Gasteiger partial charge >= 0.3 is 6.09 Å². The Morgan fingerprint density at radius 3 is 2.64 bits per heavy atom. The number of rotatable bonds is 3. The number of anilines is 1. The average molecular weight is 574 g/mol. The first-order valence-corrected chi connectivity index (χ1v) is 15.2. The summed E-state index contributed by atoms with van der Waals surface area (Å²) in [7, 11) is -1.53. The predicted octanol–water partition coefficient (Wildman–Crippen LogP) is 5.05. The normalized spacial score (nSPS) is 25.2. The molecule has 1 spiro atoms. The minimum Gasteiger partial charge on any atom is -0.444 e. The van der Waals surface area contributed by atoms with Crippen molar-refractivity contribution in [2.45, 2.75) is 81.3 Å². The lowest BCUT2D eigenvalue weighted by atomic mass is 9.68. The van der Waals surface area contributed by atoms with Crippen LogP contribution in [0, 0.1) is 11.3 Å². The molecule has 0 N–H and O–H groups in total. The molecule has 11 heteroatoms. The van der Waals surface area contributed by atoms with Crippen LogP contribution in [-0.4, -0.2) is 62.7 Å². The summed E-state index contributed by atoms with van der Waals surface area (Å²) in [6.07, 6.45) is 2.22. The number of nitriles is 1. The SMILES string of the molecule is CS(=O)c1nc2c(c(N3CCN(C(=O)OC(C)(C)C)[C@@H](CC#N)C3)n1)CC[C@@]1(CCc3c(Cl)cccc31)[C@H]2F. The number of hydrogen-bond acceptors (Lipinski definition) is 7. The molecular weight excluding hydrogens is 541 g/mol. The Morgan fingerprint density at radius 1 is 1.26 bits per heavy atom. The van der Waals surface area contributed by atoms with Gasteiger partial charge in [-0.1, -0.05) is 23.7 Å². The minimum absolute atomic E-state index is 0.0826. The van der Waals surface area contributed by atoms with Crippen LogP contribution < -0.4 is 4.90 Å². The van der Waals surface area contributed by atoms with E-state index in [4.69, 9.17) is 16.3 Å². The van der Waals surface area contributed by atoms with Crippen LogP contribution in [0.2, 0.25) is 5.02 Å². The minimum atomic E-state index is -1.53. The summed E-state index contributed by atoms with van der Waals surface area (Å²) in [4.78, 5) is 25.6. The molecule has 2 aromatic rings. The van der Waals surface area contributed by atoms with Gasteiger partial charge < -0.3 is 14.5 Å². The second-order valence-electron chi connectivity index (χ2n) is 11.6. The maximum atomic E-state index is 16.7. The van der Waals surface area contributed by atoms with Crippen LogP contribution >= 0.6 is 11.6 Å². The quantitative estimate of drug-likeness (QED) is 0.474. The van der Waals surface area contributed by atoms with Gasteiger partial charge in [-0.15, -0.1) is 0 Å². The summed E-state index contributed by atoms with van der Waals surface area (Å²) in [6, 6.07) is 7.42. The highest BCUT2D eigenvalue weighted by Gasteiger charge is 2.51. The summed E-state index contributed by atoms with van der Waals surface area (Å²) in [5.74, 6) is 0.541. The Balaban J connectivity index is 1.51. The fraction of sp³-hybridized carbons (Fsp3) is 0.571. The van der Waals surface area contributed by atoms with Crippen molar-refractivity contribution in [1.82, 2.24) is 14.9 Å². The summed E-state index contributed by atoms with van der Waals surface area (Å²) >= 11 is 6.47. The molecule has 1 aromatic heterocycles. The van der Waals surface area contributed by atoms with Gasteiger partial charge in [0.2, 0.25) is 5.16 Å². The Hall–Kier alpha value is -2.77. The topological polar surface area (TPSA) is 99.4 Å². The molecule has 1 saturated heterocycles. The molecule has 4 atom stereocenters. The lowest BCUT2D eigenvalue weighted by molar-refractivity contribution is 0.0144. The molecule has 1 unspecified atom stereocenters. The third kappa shape index (κ3) is 5.00. The van der Waals surface area contributed by atoms with E-state index in [0.717, 1.165) is 11.1 Å². The Morgan fingerprint density at radius 2 is 1.97 bits per heavy atom.